The molecule has 0 radical (unpaired) electrons. The molecule has 0 saturated carbocycles. The zero-order valence-corrected chi connectivity index (χ0v) is 12.8. The van der Waals surface area contributed by atoms with Crippen molar-refractivity contribution < 1.29 is 18.9 Å². The van der Waals surface area contributed by atoms with Gasteiger partial charge in [-0.1, -0.05) is 11.6 Å². The van der Waals surface area contributed by atoms with Crippen molar-refractivity contribution in [1.29, 1.82) is 5.41 Å². The molecule has 1 rings (SSSR count). The van der Waals surface area contributed by atoms with E-state index < -0.39 is 0 Å². The molecule has 0 aliphatic rings. The highest BCUT2D eigenvalue weighted by Crippen LogP contribution is 2.25. The molecule has 7 heteroatoms. The topological polar surface area (TPSA) is 86.8 Å². The number of nitrogen functional groups attached to an aromatic ring is 1. The van der Waals surface area contributed by atoms with E-state index in [9.17, 15) is 0 Å². The van der Waals surface area contributed by atoms with E-state index in [0.29, 0.717) is 56.0 Å². The predicted molar refractivity (Wildman–Crippen MR) is 81.5 cm³/mol. The second kappa shape index (κ2) is 10.4. The second-order valence-corrected chi connectivity index (χ2v) is 4.53. The summed E-state index contributed by atoms with van der Waals surface area (Å²) in [6, 6.07) is 4.98. The minimum Gasteiger partial charge on any atom is -0.490 e. The van der Waals surface area contributed by atoms with Crippen LogP contribution in [0.3, 0.4) is 0 Å². The highest BCUT2D eigenvalue weighted by Gasteiger charge is 2.04. The Kier molecular flexibility index (Phi) is 8.77. The lowest BCUT2D eigenvalue weighted by molar-refractivity contribution is 0.0180. The fraction of sp³-hybridized carbons (Fsp3) is 0.500. The largest absolute Gasteiger partial charge is 0.490 e. The molecule has 0 amide bonds. The Morgan fingerprint density at radius 2 is 1.71 bits per heavy atom. The van der Waals surface area contributed by atoms with E-state index in [1.54, 1.807) is 25.3 Å². The zero-order chi connectivity index (χ0) is 15.5. The van der Waals surface area contributed by atoms with Gasteiger partial charge in [0.25, 0.3) is 0 Å². The third kappa shape index (κ3) is 7.29. The summed E-state index contributed by atoms with van der Waals surface area (Å²) in [5.41, 5.74) is 5.94. The molecule has 1 aromatic rings. The predicted octanol–water partition coefficient (Wildman–Crippen LogP) is 1.68. The maximum absolute atomic E-state index is 7.32. The maximum Gasteiger partial charge on any atom is 0.138 e. The Balaban J connectivity index is 2.14. The van der Waals surface area contributed by atoms with Gasteiger partial charge in [0.15, 0.2) is 0 Å². The van der Waals surface area contributed by atoms with Crippen LogP contribution in [0.5, 0.6) is 5.75 Å². The van der Waals surface area contributed by atoms with Crippen molar-refractivity contribution in [1.82, 2.24) is 0 Å². The SMILES string of the molecule is COCCOCCOCCOc1ccc(C(=N)N)cc1Cl. The van der Waals surface area contributed by atoms with Crippen LogP contribution in [-0.4, -0.2) is 52.6 Å². The van der Waals surface area contributed by atoms with Crippen molar-refractivity contribution in [2.24, 2.45) is 5.73 Å². The van der Waals surface area contributed by atoms with Crippen molar-refractivity contribution in [2.75, 3.05) is 46.8 Å². The number of halogens is 1. The van der Waals surface area contributed by atoms with Gasteiger partial charge in [-0.15, -0.1) is 0 Å². The molecule has 0 unspecified atom stereocenters. The van der Waals surface area contributed by atoms with Gasteiger partial charge in [0, 0.05) is 12.7 Å². The molecule has 3 N–H and O–H groups in total. The van der Waals surface area contributed by atoms with Crippen LogP contribution in [0, 0.1) is 5.41 Å². The molecule has 0 aromatic heterocycles. The molecular weight excluding hydrogens is 296 g/mol. The Morgan fingerprint density at radius 1 is 1.10 bits per heavy atom. The van der Waals surface area contributed by atoms with Crippen LogP contribution in [0.15, 0.2) is 18.2 Å². The fourth-order valence-electron chi connectivity index (χ4n) is 1.46. The summed E-state index contributed by atoms with van der Waals surface area (Å²) in [6.07, 6.45) is 0. The third-order valence-corrected chi connectivity index (χ3v) is 2.83. The van der Waals surface area contributed by atoms with Crippen molar-refractivity contribution in [2.45, 2.75) is 0 Å². The molecule has 0 spiro atoms. The van der Waals surface area contributed by atoms with Crippen molar-refractivity contribution in [3.63, 3.8) is 0 Å². The summed E-state index contributed by atoms with van der Waals surface area (Å²) in [4.78, 5) is 0. The standard InChI is InChI=1S/C14H21ClN2O4/c1-18-4-5-19-6-7-20-8-9-21-13-3-2-11(14(16)17)10-12(13)15/h2-3,10H,4-9H2,1H3,(H3,16,17). The minimum atomic E-state index is -0.0275. The van der Waals surface area contributed by atoms with E-state index in [0.717, 1.165) is 0 Å². The van der Waals surface area contributed by atoms with Crippen LogP contribution in [0.4, 0.5) is 0 Å². The minimum absolute atomic E-state index is 0.0275. The molecule has 0 bridgehead atoms. The number of rotatable bonds is 11. The van der Waals surface area contributed by atoms with Gasteiger partial charge in [0.05, 0.1) is 38.1 Å². The highest BCUT2D eigenvalue weighted by atomic mass is 35.5. The van der Waals surface area contributed by atoms with Gasteiger partial charge >= 0.3 is 0 Å². The number of amidine groups is 1. The van der Waals surface area contributed by atoms with Crippen LogP contribution in [0.1, 0.15) is 5.56 Å². The van der Waals surface area contributed by atoms with Gasteiger partial charge in [-0.25, -0.2) is 0 Å². The quantitative estimate of drug-likeness (QED) is 0.368. The highest BCUT2D eigenvalue weighted by molar-refractivity contribution is 6.32. The number of nitrogens with one attached hydrogen (secondary N) is 1. The molecule has 0 atom stereocenters. The molecule has 6 nitrogen and oxygen atoms in total. The fourth-order valence-corrected chi connectivity index (χ4v) is 1.70. The molecule has 0 saturated heterocycles. The van der Waals surface area contributed by atoms with Crippen LogP contribution >= 0.6 is 11.6 Å². The Morgan fingerprint density at radius 3 is 2.29 bits per heavy atom. The first-order chi connectivity index (χ1) is 10.1. The molecule has 1 aromatic carbocycles. The van der Waals surface area contributed by atoms with E-state index in [1.807, 2.05) is 0 Å². The molecular formula is C14H21ClN2O4. The van der Waals surface area contributed by atoms with Crippen LogP contribution in [0.2, 0.25) is 5.02 Å². The van der Waals surface area contributed by atoms with Gasteiger partial charge in [0.1, 0.15) is 18.2 Å². The first-order valence-electron chi connectivity index (χ1n) is 6.56. The Hall–Kier alpha value is -1.34. The van der Waals surface area contributed by atoms with Gasteiger partial charge in [-0.05, 0) is 18.2 Å². The van der Waals surface area contributed by atoms with Gasteiger partial charge < -0.3 is 24.7 Å². The lowest BCUT2D eigenvalue weighted by Crippen LogP contribution is -2.13. The summed E-state index contributed by atoms with van der Waals surface area (Å²) >= 11 is 6.03. The van der Waals surface area contributed by atoms with Gasteiger partial charge in [-0.2, -0.15) is 0 Å². The zero-order valence-electron chi connectivity index (χ0n) is 12.1. The lowest BCUT2D eigenvalue weighted by Gasteiger charge is -2.10. The summed E-state index contributed by atoms with van der Waals surface area (Å²) in [5, 5.41) is 7.74. The normalized spacial score (nSPS) is 10.6. The average molecular weight is 317 g/mol. The number of ether oxygens (including phenoxy) is 4. The Bertz CT molecular complexity index is 443. The second-order valence-electron chi connectivity index (χ2n) is 4.12. The van der Waals surface area contributed by atoms with E-state index in [-0.39, 0.29) is 5.84 Å². The van der Waals surface area contributed by atoms with E-state index in [4.69, 9.17) is 41.7 Å². The smallest absolute Gasteiger partial charge is 0.138 e. The summed E-state index contributed by atoms with van der Waals surface area (Å²) in [6.45, 7) is 3.00. The van der Waals surface area contributed by atoms with Crippen molar-refractivity contribution in [3.05, 3.63) is 28.8 Å². The van der Waals surface area contributed by atoms with Gasteiger partial charge in [-0.3, -0.25) is 5.41 Å². The molecule has 0 heterocycles. The van der Waals surface area contributed by atoms with Crippen LogP contribution in [0.25, 0.3) is 0 Å². The molecule has 21 heavy (non-hydrogen) atoms. The molecule has 0 aliphatic heterocycles. The van der Waals surface area contributed by atoms with Crippen molar-refractivity contribution in [3.8, 4) is 5.75 Å². The number of hydrogen-bond acceptors (Lipinski definition) is 5. The van der Waals surface area contributed by atoms with Crippen LogP contribution < -0.4 is 10.5 Å². The van der Waals surface area contributed by atoms with E-state index in [2.05, 4.69) is 0 Å². The first kappa shape index (κ1) is 17.7. The number of methoxy groups -OCH3 is 1. The Labute approximate surface area is 129 Å². The molecule has 118 valence electrons. The summed E-state index contributed by atoms with van der Waals surface area (Å²) in [7, 11) is 1.63. The lowest BCUT2D eigenvalue weighted by atomic mass is 10.2. The summed E-state index contributed by atoms with van der Waals surface area (Å²) in [5.74, 6) is 0.516. The third-order valence-electron chi connectivity index (χ3n) is 2.53. The summed E-state index contributed by atoms with van der Waals surface area (Å²) < 4.78 is 20.9. The monoisotopic (exact) mass is 316 g/mol. The van der Waals surface area contributed by atoms with E-state index in [1.165, 1.54) is 0 Å². The molecule has 0 fully saturated rings. The molecule has 0 aliphatic carbocycles. The van der Waals surface area contributed by atoms with Crippen LogP contribution in [-0.2, 0) is 14.2 Å². The van der Waals surface area contributed by atoms with E-state index >= 15 is 0 Å². The maximum atomic E-state index is 7.32. The number of nitrogens with two attached hydrogens (primary N) is 1. The van der Waals surface area contributed by atoms with Gasteiger partial charge in [0.2, 0.25) is 0 Å². The number of hydrogen-bond donors (Lipinski definition) is 2. The first-order valence-corrected chi connectivity index (χ1v) is 6.94. The average Bonchev–Trinajstić information content (AvgIpc) is 2.46. The van der Waals surface area contributed by atoms with Crippen molar-refractivity contribution >= 4 is 17.4 Å². The number of benzene rings is 1.